The van der Waals surface area contributed by atoms with Crippen LogP contribution in [-0.2, 0) is 4.79 Å². The summed E-state index contributed by atoms with van der Waals surface area (Å²) in [5, 5.41) is 6.41. The van der Waals surface area contributed by atoms with E-state index in [2.05, 4.69) is 23.6 Å². The Morgan fingerprint density at radius 1 is 1.32 bits per heavy atom. The number of unbranched alkanes of at least 4 members (excludes halogenated alkanes) is 1. The average molecular weight is 327 g/mol. The molecular weight excluding hydrogens is 300 g/mol. The first-order valence-electron chi connectivity index (χ1n) is 7.93. The fraction of sp³-hybridized carbons (Fsp3) is 0.588. The molecule has 1 amide bonds. The molecule has 0 spiro atoms. The van der Waals surface area contributed by atoms with Gasteiger partial charge in [0.1, 0.15) is 5.75 Å². The molecule has 1 fully saturated rings. The maximum absolute atomic E-state index is 11.8. The van der Waals surface area contributed by atoms with Gasteiger partial charge in [0.15, 0.2) is 0 Å². The molecule has 22 heavy (non-hydrogen) atoms. The summed E-state index contributed by atoms with van der Waals surface area (Å²) in [7, 11) is 0. The summed E-state index contributed by atoms with van der Waals surface area (Å²) in [5.41, 5.74) is 1.20. The minimum Gasteiger partial charge on any atom is -0.494 e. The zero-order valence-electron chi connectivity index (χ0n) is 13.3. The maximum atomic E-state index is 11.8. The number of amides is 1. The number of nitrogens with one attached hydrogen (secondary N) is 2. The van der Waals surface area contributed by atoms with Gasteiger partial charge in [-0.15, -0.1) is 12.4 Å². The molecule has 0 unspecified atom stereocenters. The summed E-state index contributed by atoms with van der Waals surface area (Å²) in [6.45, 7) is 4.74. The molecule has 0 aliphatic carbocycles. The molecule has 2 rings (SSSR count). The number of ether oxygens (including phenoxy) is 1. The minimum atomic E-state index is 0. The highest BCUT2D eigenvalue weighted by molar-refractivity contribution is 5.85. The summed E-state index contributed by atoms with van der Waals surface area (Å²) in [5.74, 6) is 1.09. The molecule has 1 heterocycles. The van der Waals surface area contributed by atoms with Crippen LogP contribution in [0.3, 0.4) is 0 Å². The van der Waals surface area contributed by atoms with Crippen LogP contribution in [0.2, 0.25) is 0 Å². The highest BCUT2D eigenvalue weighted by Crippen LogP contribution is 2.13. The lowest BCUT2D eigenvalue weighted by molar-refractivity contribution is -0.122. The Balaban J connectivity index is 0.00000242. The van der Waals surface area contributed by atoms with E-state index in [1.807, 2.05) is 18.2 Å². The van der Waals surface area contributed by atoms with Crippen molar-refractivity contribution in [1.29, 1.82) is 0 Å². The molecule has 2 N–H and O–H groups in total. The van der Waals surface area contributed by atoms with Crippen molar-refractivity contribution in [3.63, 3.8) is 0 Å². The summed E-state index contributed by atoms with van der Waals surface area (Å²) < 4.78 is 5.68. The molecule has 0 saturated carbocycles. The number of rotatable bonds is 7. The van der Waals surface area contributed by atoms with Crippen molar-refractivity contribution in [2.24, 2.45) is 0 Å². The number of aryl methyl sites for hydroxylation is 1. The SMILES string of the molecule is Cc1cccc(OCCCCC(=O)NC2CCNCC2)c1.Cl. The van der Waals surface area contributed by atoms with Gasteiger partial charge >= 0.3 is 0 Å². The van der Waals surface area contributed by atoms with Crippen molar-refractivity contribution >= 4 is 18.3 Å². The Morgan fingerprint density at radius 3 is 2.82 bits per heavy atom. The van der Waals surface area contributed by atoms with Crippen LogP contribution >= 0.6 is 12.4 Å². The molecule has 1 aliphatic heterocycles. The van der Waals surface area contributed by atoms with Crippen LogP contribution in [0, 0.1) is 6.92 Å². The number of hydrogen-bond acceptors (Lipinski definition) is 3. The largest absolute Gasteiger partial charge is 0.494 e. The Bertz CT molecular complexity index is 448. The van der Waals surface area contributed by atoms with Gasteiger partial charge < -0.3 is 15.4 Å². The van der Waals surface area contributed by atoms with E-state index in [-0.39, 0.29) is 18.3 Å². The molecule has 1 aromatic rings. The normalized spacial score (nSPS) is 15.0. The van der Waals surface area contributed by atoms with Crippen molar-refractivity contribution in [2.75, 3.05) is 19.7 Å². The second-order valence-corrected chi connectivity index (χ2v) is 5.71. The lowest BCUT2D eigenvalue weighted by Gasteiger charge is -2.23. The first-order chi connectivity index (χ1) is 10.2. The average Bonchev–Trinajstić information content (AvgIpc) is 2.48. The van der Waals surface area contributed by atoms with Gasteiger partial charge in [-0.2, -0.15) is 0 Å². The lowest BCUT2D eigenvalue weighted by atomic mass is 10.1. The molecule has 4 nitrogen and oxygen atoms in total. The monoisotopic (exact) mass is 326 g/mol. The van der Waals surface area contributed by atoms with E-state index >= 15 is 0 Å². The van der Waals surface area contributed by atoms with E-state index in [0.29, 0.717) is 19.1 Å². The van der Waals surface area contributed by atoms with E-state index in [9.17, 15) is 4.79 Å². The fourth-order valence-electron chi connectivity index (χ4n) is 2.55. The van der Waals surface area contributed by atoms with Crippen LogP contribution in [-0.4, -0.2) is 31.6 Å². The van der Waals surface area contributed by atoms with E-state index in [1.165, 1.54) is 5.56 Å². The molecule has 1 aliphatic rings. The summed E-state index contributed by atoms with van der Waals surface area (Å²) >= 11 is 0. The second-order valence-electron chi connectivity index (χ2n) is 5.71. The number of carbonyl (C=O) groups excluding carboxylic acids is 1. The third-order valence-corrected chi connectivity index (χ3v) is 3.76. The smallest absolute Gasteiger partial charge is 0.220 e. The lowest BCUT2D eigenvalue weighted by Crippen LogP contribution is -2.42. The van der Waals surface area contributed by atoms with Crippen LogP contribution in [0.25, 0.3) is 0 Å². The Hall–Kier alpha value is -1.26. The standard InChI is InChI=1S/C17H26N2O2.ClH/c1-14-5-4-6-16(13-14)21-12-3-2-7-17(20)19-15-8-10-18-11-9-15;/h4-6,13,15,18H,2-3,7-12H2,1H3,(H,19,20);1H. The number of piperidine rings is 1. The van der Waals surface area contributed by atoms with Gasteiger partial charge in [-0.1, -0.05) is 12.1 Å². The van der Waals surface area contributed by atoms with Gasteiger partial charge in [0.05, 0.1) is 6.61 Å². The topological polar surface area (TPSA) is 50.4 Å². The molecule has 1 saturated heterocycles. The zero-order valence-corrected chi connectivity index (χ0v) is 14.1. The Morgan fingerprint density at radius 2 is 2.09 bits per heavy atom. The molecule has 0 radical (unpaired) electrons. The minimum absolute atomic E-state index is 0. The fourth-order valence-corrected chi connectivity index (χ4v) is 2.55. The van der Waals surface area contributed by atoms with E-state index in [4.69, 9.17) is 4.74 Å². The second kappa shape index (κ2) is 10.5. The van der Waals surface area contributed by atoms with Crippen molar-refractivity contribution < 1.29 is 9.53 Å². The van der Waals surface area contributed by atoms with E-state index in [1.54, 1.807) is 0 Å². The van der Waals surface area contributed by atoms with Gasteiger partial charge in [-0.25, -0.2) is 0 Å². The van der Waals surface area contributed by atoms with Crippen molar-refractivity contribution in [2.45, 2.75) is 45.1 Å². The molecular formula is C17H27ClN2O2. The quantitative estimate of drug-likeness (QED) is 0.758. The van der Waals surface area contributed by atoms with Crippen molar-refractivity contribution in [3.05, 3.63) is 29.8 Å². The number of carbonyl (C=O) groups is 1. The number of halogens is 1. The number of benzene rings is 1. The predicted molar refractivity (Wildman–Crippen MR) is 91.8 cm³/mol. The molecule has 1 aromatic carbocycles. The van der Waals surface area contributed by atoms with Gasteiger partial charge in [0.2, 0.25) is 5.91 Å². The molecule has 0 atom stereocenters. The Labute approximate surface area is 139 Å². The summed E-state index contributed by atoms with van der Waals surface area (Å²) in [4.78, 5) is 11.8. The van der Waals surface area contributed by atoms with E-state index in [0.717, 1.165) is 44.5 Å². The first kappa shape index (κ1) is 18.8. The molecule has 5 heteroatoms. The van der Waals surface area contributed by atoms with E-state index < -0.39 is 0 Å². The van der Waals surface area contributed by atoms with Crippen LogP contribution in [0.5, 0.6) is 5.75 Å². The van der Waals surface area contributed by atoms with Crippen LogP contribution in [0.4, 0.5) is 0 Å². The third kappa shape index (κ3) is 7.14. The zero-order chi connectivity index (χ0) is 14.9. The highest BCUT2D eigenvalue weighted by atomic mass is 35.5. The summed E-state index contributed by atoms with van der Waals surface area (Å²) in [6.07, 6.45) is 4.47. The number of hydrogen-bond donors (Lipinski definition) is 2. The third-order valence-electron chi connectivity index (χ3n) is 3.76. The van der Waals surface area contributed by atoms with Crippen molar-refractivity contribution in [1.82, 2.24) is 10.6 Å². The van der Waals surface area contributed by atoms with Crippen LogP contribution in [0.1, 0.15) is 37.7 Å². The van der Waals surface area contributed by atoms with Gasteiger partial charge in [0, 0.05) is 12.5 Å². The molecule has 124 valence electrons. The summed E-state index contributed by atoms with van der Waals surface area (Å²) in [6, 6.07) is 8.41. The predicted octanol–water partition coefficient (Wildman–Crippen LogP) is 2.83. The maximum Gasteiger partial charge on any atom is 0.220 e. The Kier molecular flexibility index (Phi) is 8.94. The first-order valence-corrected chi connectivity index (χ1v) is 7.93. The molecule has 0 bridgehead atoms. The van der Waals surface area contributed by atoms with Gasteiger partial charge in [-0.3, -0.25) is 4.79 Å². The van der Waals surface area contributed by atoms with Crippen molar-refractivity contribution in [3.8, 4) is 5.75 Å². The highest BCUT2D eigenvalue weighted by Gasteiger charge is 2.14. The van der Waals surface area contributed by atoms with Crippen LogP contribution < -0.4 is 15.4 Å². The van der Waals surface area contributed by atoms with Crippen LogP contribution in [0.15, 0.2) is 24.3 Å². The molecule has 0 aromatic heterocycles. The van der Waals surface area contributed by atoms with Gasteiger partial charge in [0.25, 0.3) is 0 Å². The van der Waals surface area contributed by atoms with Gasteiger partial charge in [-0.05, 0) is 63.4 Å².